The number of rotatable bonds is 1. The Kier molecular flexibility index (Phi) is 2.73. The first-order valence-electron chi connectivity index (χ1n) is 3.98. The number of hydrogen-bond donors (Lipinski definition) is 0. The second kappa shape index (κ2) is 3.44. The van der Waals surface area contributed by atoms with Crippen LogP contribution in [-0.2, 0) is 0 Å². The van der Waals surface area contributed by atoms with Crippen LogP contribution in [0.2, 0.25) is 5.02 Å². The third-order valence-electron chi connectivity index (χ3n) is 1.90. The average Bonchev–Trinajstić information content (AvgIpc) is 1.96. The van der Waals surface area contributed by atoms with E-state index in [2.05, 4.69) is 0 Å². The second-order valence-corrected chi connectivity index (χ2v) is 3.68. The van der Waals surface area contributed by atoms with Crippen LogP contribution in [0.1, 0.15) is 30.9 Å². The average molecular weight is 187 g/mol. The summed E-state index contributed by atoms with van der Waals surface area (Å²) in [5.41, 5.74) is 1.67. The maximum Gasteiger partial charge on any atom is 0.128 e. The standard InChI is InChI=1S/C10H12ClF/c1-6(2)8-4-7(3)9(11)5-10(8)12/h4-6H,1-3H3. The van der Waals surface area contributed by atoms with Crippen molar-refractivity contribution in [2.24, 2.45) is 0 Å². The summed E-state index contributed by atoms with van der Waals surface area (Å²) in [4.78, 5) is 0. The van der Waals surface area contributed by atoms with Crippen molar-refractivity contribution < 1.29 is 4.39 Å². The molecule has 0 aliphatic heterocycles. The normalized spacial score (nSPS) is 10.8. The fraction of sp³-hybridized carbons (Fsp3) is 0.400. The molecule has 0 bridgehead atoms. The third kappa shape index (κ3) is 1.78. The molecule has 0 nitrogen and oxygen atoms in total. The van der Waals surface area contributed by atoms with Crippen LogP contribution in [0.25, 0.3) is 0 Å². The zero-order valence-corrected chi connectivity index (χ0v) is 8.24. The van der Waals surface area contributed by atoms with Gasteiger partial charge >= 0.3 is 0 Å². The van der Waals surface area contributed by atoms with Crippen LogP contribution < -0.4 is 0 Å². The smallest absolute Gasteiger partial charge is 0.128 e. The van der Waals surface area contributed by atoms with Crippen LogP contribution in [-0.4, -0.2) is 0 Å². The van der Waals surface area contributed by atoms with Gasteiger partial charge in [0.1, 0.15) is 5.82 Å². The lowest BCUT2D eigenvalue weighted by atomic mass is 10.0. The molecule has 0 atom stereocenters. The lowest BCUT2D eigenvalue weighted by Crippen LogP contribution is -1.94. The van der Waals surface area contributed by atoms with Crippen LogP contribution in [0.5, 0.6) is 0 Å². The lowest BCUT2D eigenvalue weighted by Gasteiger charge is -2.08. The highest BCUT2D eigenvalue weighted by atomic mass is 35.5. The minimum absolute atomic E-state index is 0.208. The summed E-state index contributed by atoms with van der Waals surface area (Å²) in [5, 5.41) is 0.497. The van der Waals surface area contributed by atoms with Crippen molar-refractivity contribution in [1.82, 2.24) is 0 Å². The number of halogens is 2. The third-order valence-corrected chi connectivity index (χ3v) is 2.31. The summed E-state index contributed by atoms with van der Waals surface area (Å²) < 4.78 is 13.2. The molecule has 0 heterocycles. The van der Waals surface area contributed by atoms with E-state index in [0.29, 0.717) is 5.02 Å². The monoisotopic (exact) mass is 186 g/mol. The maximum atomic E-state index is 13.2. The number of aryl methyl sites for hydroxylation is 1. The van der Waals surface area contributed by atoms with Crippen LogP contribution in [0.15, 0.2) is 12.1 Å². The fourth-order valence-electron chi connectivity index (χ4n) is 1.12. The molecule has 12 heavy (non-hydrogen) atoms. The Hall–Kier alpha value is -0.560. The van der Waals surface area contributed by atoms with Crippen LogP contribution >= 0.6 is 11.6 Å². The van der Waals surface area contributed by atoms with Crippen molar-refractivity contribution in [1.29, 1.82) is 0 Å². The Morgan fingerprint density at radius 1 is 1.33 bits per heavy atom. The van der Waals surface area contributed by atoms with Crippen molar-refractivity contribution in [2.45, 2.75) is 26.7 Å². The molecule has 66 valence electrons. The van der Waals surface area contributed by atoms with Gasteiger partial charge in [-0.3, -0.25) is 0 Å². The van der Waals surface area contributed by atoms with Crippen molar-refractivity contribution in [3.05, 3.63) is 34.1 Å². The summed E-state index contributed by atoms with van der Waals surface area (Å²) in [6, 6.07) is 3.19. The van der Waals surface area contributed by atoms with Gasteiger partial charge < -0.3 is 0 Å². The van der Waals surface area contributed by atoms with Gasteiger partial charge in [0, 0.05) is 5.02 Å². The van der Waals surface area contributed by atoms with Crippen molar-refractivity contribution in [3.63, 3.8) is 0 Å². The first kappa shape index (κ1) is 9.53. The Morgan fingerprint density at radius 2 is 1.92 bits per heavy atom. The number of hydrogen-bond acceptors (Lipinski definition) is 0. The van der Waals surface area contributed by atoms with E-state index >= 15 is 0 Å². The first-order chi connectivity index (χ1) is 5.52. The van der Waals surface area contributed by atoms with Gasteiger partial charge in [-0.15, -0.1) is 0 Å². The molecule has 1 aromatic rings. The summed E-state index contributed by atoms with van der Waals surface area (Å²) in [6.07, 6.45) is 0. The second-order valence-electron chi connectivity index (χ2n) is 3.28. The lowest BCUT2D eigenvalue weighted by molar-refractivity contribution is 0.598. The van der Waals surface area contributed by atoms with E-state index in [-0.39, 0.29) is 11.7 Å². The zero-order chi connectivity index (χ0) is 9.30. The minimum Gasteiger partial charge on any atom is -0.207 e. The van der Waals surface area contributed by atoms with E-state index in [1.54, 1.807) is 0 Å². The van der Waals surface area contributed by atoms with E-state index < -0.39 is 0 Å². The zero-order valence-electron chi connectivity index (χ0n) is 7.49. The van der Waals surface area contributed by atoms with Gasteiger partial charge in [0.15, 0.2) is 0 Å². The highest BCUT2D eigenvalue weighted by molar-refractivity contribution is 6.31. The van der Waals surface area contributed by atoms with Crippen molar-refractivity contribution in [2.75, 3.05) is 0 Å². The maximum absolute atomic E-state index is 13.2. The van der Waals surface area contributed by atoms with E-state index in [1.165, 1.54) is 6.07 Å². The Bertz CT molecular complexity index is 292. The summed E-state index contributed by atoms with van der Waals surface area (Å²) in [6.45, 7) is 5.81. The van der Waals surface area contributed by atoms with Crippen LogP contribution in [0.4, 0.5) is 4.39 Å². The van der Waals surface area contributed by atoms with Gasteiger partial charge in [-0.1, -0.05) is 31.5 Å². The largest absolute Gasteiger partial charge is 0.207 e. The van der Waals surface area contributed by atoms with E-state index in [0.717, 1.165) is 11.1 Å². The molecule has 0 radical (unpaired) electrons. The molecule has 0 aliphatic rings. The highest BCUT2D eigenvalue weighted by Gasteiger charge is 2.08. The quantitative estimate of drug-likeness (QED) is 0.624. The van der Waals surface area contributed by atoms with Crippen LogP contribution in [0.3, 0.4) is 0 Å². The molecule has 0 N–H and O–H groups in total. The molecule has 0 fully saturated rings. The molecule has 0 aliphatic carbocycles. The van der Waals surface area contributed by atoms with Gasteiger partial charge in [-0.2, -0.15) is 0 Å². The van der Waals surface area contributed by atoms with Gasteiger partial charge in [-0.25, -0.2) is 4.39 Å². The van der Waals surface area contributed by atoms with E-state index in [9.17, 15) is 4.39 Å². The predicted molar refractivity (Wildman–Crippen MR) is 50.2 cm³/mol. The summed E-state index contributed by atoms with van der Waals surface area (Å²) in [7, 11) is 0. The molecule has 1 rings (SSSR count). The summed E-state index contributed by atoms with van der Waals surface area (Å²) in [5.74, 6) is 0.00145. The summed E-state index contributed by atoms with van der Waals surface area (Å²) >= 11 is 5.75. The van der Waals surface area contributed by atoms with E-state index in [1.807, 2.05) is 26.8 Å². The Morgan fingerprint density at radius 3 is 2.42 bits per heavy atom. The molecule has 0 saturated heterocycles. The molecule has 0 unspecified atom stereocenters. The van der Waals surface area contributed by atoms with Gasteiger partial charge in [0.05, 0.1) is 0 Å². The van der Waals surface area contributed by atoms with Crippen LogP contribution in [0, 0.1) is 12.7 Å². The molecule has 2 heteroatoms. The van der Waals surface area contributed by atoms with Crippen molar-refractivity contribution >= 4 is 11.6 Å². The fourth-order valence-corrected chi connectivity index (χ4v) is 1.27. The molecule has 0 amide bonds. The van der Waals surface area contributed by atoms with Gasteiger partial charge in [0.2, 0.25) is 0 Å². The molecular formula is C10H12ClF. The van der Waals surface area contributed by atoms with E-state index in [4.69, 9.17) is 11.6 Å². The van der Waals surface area contributed by atoms with Gasteiger partial charge in [-0.05, 0) is 30.0 Å². The SMILES string of the molecule is Cc1cc(C(C)C)c(F)cc1Cl. The first-order valence-corrected chi connectivity index (χ1v) is 4.35. The highest BCUT2D eigenvalue weighted by Crippen LogP contribution is 2.24. The molecular weight excluding hydrogens is 175 g/mol. The predicted octanol–water partition coefficient (Wildman–Crippen LogP) is 3.91. The Labute approximate surface area is 77.4 Å². The molecule has 1 aromatic carbocycles. The Balaban J connectivity index is 3.23. The topological polar surface area (TPSA) is 0 Å². The molecule has 0 saturated carbocycles. The minimum atomic E-state index is -0.208. The van der Waals surface area contributed by atoms with Gasteiger partial charge in [0.25, 0.3) is 0 Å². The number of benzene rings is 1. The molecule has 0 aromatic heterocycles. The molecule has 0 spiro atoms. The van der Waals surface area contributed by atoms with Crippen molar-refractivity contribution in [3.8, 4) is 0 Å².